The summed E-state index contributed by atoms with van der Waals surface area (Å²) in [5.74, 6) is 2.98. The minimum Gasteiger partial charge on any atom is -0.481 e. The highest BCUT2D eigenvalue weighted by Gasteiger charge is 2.16. The third-order valence-corrected chi connectivity index (χ3v) is 7.35. The van der Waals surface area contributed by atoms with E-state index in [0.717, 1.165) is 95.1 Å². The maximum absolute atomic E-state index is 9.00. The van der Waals surface area contributed by atoms with E-state index in [-0.39, 0.29) is 0 Å². The molecule has 5 aromatic rings. The molecule has 42 heavy (non-hydrogen) atoms. The second-order valence-electron chi connectivity index (χ2n) is 11.1. The van der Waals surface area contributed by atoms with Gasteiger partial charge < -0.3 is 24.6 Å². The molecule has 9 nitrogen and oxygen atoms in total. The number of nitrogens with one attached hydrogen (secondary N) is 2. The van der Waals surface area contributed by atoms with Crippen molar-refractivity contribution in [2.24, 2.45) is 21.8 Å². The molecular formula is C33H34N6O3. The Morgan fingerprint density at radius 2 is 1.45 bits per heavy atom. The van der Waals surface area contributed by atoms with Crippen molar-refractivity contribution in [1.82, 2.24) is 20.0 Å². The number of carbonyl (C=O) groups is 1. The predicted molar refractivity (Wildman–Crippen MR) is 166 cm³/mol. The largest absolute Gasteiger partial charge is 0.481 e. The first-order valence-corrected chi connectivity index (χ1v) is 14.2. The number of fused-ring (bicyclic) bond motifs is 2. The Morgan fingerprint density at radius 1 is 0.833 bits per heavy atom. The quantitative estimate of drug-likeness (QED) is 0.267. The summed E-state index contributed by atoms with van der Waals surface area (Å²) < 4.78 is 8.34. The average molecular weight is 563 g/mol. The van der Waals surface area contributed by atoms with Crippen molar-refractivity contribution >= 4 is 34.3 Å². The molecule has 3 aromatic heterocycles. The van der Waals surface area contributed by atoms with Gasteiger partial charge in [-0.2, -0.15) is 0 Å². The number of imidazole rings is 1. The Bertz CT molecular complexity index is 1760. The zero-order valence-corrected chi connectivity index (χ0v) is 24.0. The highest BCUT2D eigenvalue weighted by Crippen LogP contribution is 2.31. The van der Waals surface area contributed by atoms with Crippen LogP contribution in [0.5, 0.6) is 0 Å². The first-order valence-electron chi connectivity index (χ1n) is 14.2. The summed E-state index contributed by atoms with van der Waals surface area (Å²) in [4.78, 5) is 23.1. The second kappa shape index (κ2) is 11.5. The number of benzene rings is 2. The van der Waals surface area contributed by atoms with E-state index in [0.29, 0.717) is 11.8 Å². The van der Waals surface area contributed by atoms with Gasteiger partial charge in [-0.1, -0.05) is 50.2 Å². The SMILES string of the molecule is CC(=O)O.CC1CN=C(c2ccc3cc(-c4ccc(-c5ccc6nc(C7=NCC(C)CN7)cn6c5)cc4)oc3c2)NC1. The van der Waals surface area contributed by atoms with Gasteiger partial charge >= 0.3 is 0 Å². The summed E-state index contributed by atoms with van der Waals surface area (Å²) in [5.41, 5.74) is 7.06. The maximum Gasteiger partial charge on any atom is 0.300 e. The molecule has 7 rings (SSSR count). The standard InChI is InChI=1S/C31H30N6O.C2H4O2/c1-19-13-32-30(33-14-19)24-8-7-23-11-27(38-28(23)12-24)22-5-3-21(4-6-22)25-9-10-29-36-26(18-37(29)17-25)31-34-15-20(2)16-35-31;1-2(3)4/h3-12,17-20H,13-16H2,1-2H3,(H,32,33)(H,34,35);1H3,(H,3,4). The van der Waals surface area contributed by atoms with Gasteiger partial charge in [0.2, 0.25) is 0 Å². The van der Waals surface area contributed by atoms with Gasteiger partial charge in [0.15, 0.2) is 0 Å². The Balaban J connectivity index is 0.000000744. The first-order chi connectivity index (χ1) is 20.3. The summed E-state index contributed by atoms with van der Waals surface area (Å²) in [7, 11) is 0. The van der Waals surface area contributed by atoms with Gasteiger partial charge in [0, 0.05) is 62.0 Å². The fourth-order valence-corrected chi connectivity index (χ4v) is 5.07. The van der Waals surface area contributed by atoms with Crippen molar-refractivity contribution in [3.8, 4) is 22.5 Å². The van der Waals surface area contributed by atoms with Crippen LogP contribution in [0, 0.1) is 11.8 Å². The Kier molecular flexibility index (Phi) is 7.48. The lowest BCUT2D eigenvalue weighted by Gasteiger charge is -2.19. The van der Waals surface area contributed by atoms with Gasteiger partial charge in [-0.15, -0.1) is 0 Å². The van der Waals surface area contributed by atoms with E-state index < -0.39 is 5.97 Å². The molecule has 0 spiro atoms. The van der Waals surface area contributed by atoms with Gasteiger partial charge in [0.1, 0.15) is 34.4 Å². The number of pyridine rings is 1. The minimum absolute atomic E-state index is 0.556. The molecule has 0 fully saturated rings. The fourth-order valence-electron chi connectivity index (χ4n) is 5.07. The molecule has 0 radical (unpaired) electrons. The van der Waals surface area contributed by atoms with Crippen LogP contribution in [-0.4, -0.2) is 58.3 Å². The summed E-state index contributed by atoms with van der Waals surface area (Å²) >= 11 is 0. The molecule has 2 aliphatic rings. The lowest BCUT2D eigenvalue weighted by molar-refractivity contribution is -0.134. The maximum atomic E-state index is 9.00. The van der Waals surface area contributed by atoms with Crippen LogP contribution < -0.4 is 10.6 Å². The topological polar surface area (TPSA) is 117 Å². The first kappa shape index (κ1) is 27.3. The number of furan rings is 1. The third-order valence-electron chi connectivity index (χ3n) is 7.35. The smallest absolute Gasteiger partial charge is 0.300 e. The molecule has 0 saturated heterocycles. The monoisotopic (exact) mass is 562 g/mol. The van der Waals surface area contributed by atoms with Gasteiger partial charge in [-0.25, -0.2) is 4.98 Å². The number of carboxylic acid groups (broad SMARTS) is 1. The summed E-state index contributed by atoms with van der Waals surface area (Å²) in [5, 5.41) is 15.3. The molecule has 5 heterocycles. The lowest BCUT2D eigenvalue weighted by atomic mass is 10.0. The summed E-state index contributed by atoms with van der Waals surface area (Å²) in [6, 6.07) is 21.1. The van der Waals surface area contributed by atoms with Crippen molar-refractivity contribution in [3.05, 3.63) is 84.3 Å². The van der Waals surface area contributed by atoms with Gasteiger partial charge in [0.05, 0.1) is 0 Å². The molecule has 0 saturated carbocycles. The van der Waals surface area contributed by atoms with Crippen LogP contribution >= 0.6 is 0 Å². The van der Waals surface area contributed by atoms with E-state index in [1.54, 1.807) is 0 Å². The third kappa shape index (κ3) is 5.90. The Morgan fingerprint density at radius 3 is 2.12 bits per heavy atom. The Labute approximate surface area is 244 Å². The lowest BCUT2D eigenvalue weighted by Crippen LogP contribution is -2.35. The molecule has 2 unspecified atom stereocenters. The van der Waals surface area contributed by atoms with E-state index in [1.165, 1.54) is 0 Å². The van der Waals surface area contributed by atoms with E-state index in [2.05, 4.69) is 106 Å². The average Bonchev–Trinajstić information content (AvgIpc) is 3.61. The fraction of sp³-hybridized carbons (Fsp3) is 0.273. The zero-order chi connectivity index (χ0) is 29.2. The number of aromatic nitrogens is 2. The van der Waals surface area contributed by atoms with Crippen molar-refractivity contribution in [2.75, 3.05) is 26.2 Å². The van der Waals surface area contributed by atoms with Crippen LogP contribution in [0.25, 0.3) is 39.1 Å². The second-order valence-corrected chi connectivity index (χ2v) is 11.1. The number of amidine groups is 2. The minimum atomic E-state index is -0.833. The summed E-state index contributed by atoms with van der Waals surface area (Å²) in [6.45, 7) is 9.07. The molecule has 3 N–H and O–H groups in total. The normalized spacial score (nSPS) is 18.4. The number of carboxylic acids is 1. The van der Waals surface area contributed by atoms with E-state index >= 15 is 0 Å². The van der Waals surface area contributed by atoms with E-state index in [9.17, 15) is 0 Å². The number of hydrogen-bond acceptors (Lipinski definition) is 7. The molecule has 2 atom stereocenters. The molecule has 0 aliphatic carbocycles. The molecular weight excluding hydrogens is 528 g/mol. The van der Waals surface area contributed by atoms with Gasteiger partial charge in [-0.05, 0) is 47.2 Å². The molecule has 214 valence electrons. The predicted octanol–water partition coefficient (Wildman–Crippen LogP) is 5.48. The van der Waals surface area contributed by atoms with Crippen LogP contribution in [-0.2, 0) is 4.79 Å². The molecule has 0 amide bonds. The van der Waals surface area contributed by atoms with Crippen molar-refractivity contribution in [3.63, 3.8) is 0 Å². The molecule has 2 aromatic carbocycles. The van der Waals surface area contributed by atoms with Gasteiger partial charge in [-0.3, -0.25) is 14.8 Å². The van der Waals surface area contributed by atoms with E-state index in [1.807, 2.05) is 6.20 Å². The molecule has 2 aliphatic heterocycles. The van der Waals surface area contributed by atoms with E-state index in [4.69, 9.17) is 19.3 Å². The van der Waals surface area contributed by atoms with Crippen molar-refractivity contribution in [2.45, 2.75) is 20.8 Å². The van der Waals surface area contributed by atoms with Crippen LogP contribution in [0.4, 0.5) is 0 Å². The highest BCUT2D eigenvalue weighted by molar-refractivity contribution is 6.02. The van der Waals surface area contributed by atoms with Crippen LogP contribution in [0.2, 0.25) is 0 Å². The van der Waals surface area contributed by atoms with Crippen LogP contribution in [0.1, 0.15) is 32.0 Å². The summed E-state index contributed by atoms with van der Waals surface area (Å²) in [6.07, 6.45) is 4.17. The number of aliphatic carboxylic acids is 1. The number of rotatable bonds is 4. The Hall–Kier alpha value is -4.92. The molecule has 9 heteroatoms. The van der Waals surface area contributed by atoms with Crippen LogP contribution in [0.15, 0.2) is 87.5 Å². The molecule has 0 bridgehead atoms. The number of nitrogens with zero attached hydrogens (tertiary/aromatic N) is 4. The number of aliphatic imine (C=N–C) groups is 2. The highest BCUT2D eigenvalue weighted by atomic mass is 16.4. The number of hydrogen-bond donors (Lipinski definition) is 3. The van der Waals surface area contributed by atoms with Crippen molar-refractivity contribution < 1.29 is 14.3 Å². The van der Waals surface area contributed by atoms with Gasteiger partial charge in [0.25, 0.3) is 5.97 Å². The van der Waals surface area contributed by atoms with Crippen LogP contribution in [0.3, 0.4) is 0 Å². The van der Waals surface area contributed by atoms with Crippen molar-refractivity contribution in [1.29, 1.82) is 0 Å². The zero-order valence-electron chi connectivity index (χ0n) is 24.0.